The van der Waals surface area contributed by atoms with E-state index in [1.807, 2.05) is 6.07 Å². The second-order valence-corrected chi connectivity index (χ2v) is 6.59. The normalized spacial score (nSPS) is 17.8. The number of anilines is 1. The van der Waals surface area contributed by atoms with Crippen LogP contribution in [0.4, 0.5) is 14.3 Å². The van der Waals surface area contributed by atoms with Crippen LogP contribution in [0.3, 0.4) is 0 Å². The van der Waals surface area contributed by atoms with Crippen LogP contribution in [-0.2, 0) is 11.2 Å². The van der Waals surface area contributed by atoms with Gasteiger partial charge in [-0.05, 0) is 17.7 Å². The van der Waals surface area contributed by atoms with E-state index in [1.54, 1.807) is 17.2 Å². The van der Waals surface area contributed by atoms with Crippen LogP contribution in [0, 0.1) is 5.82 Å². The fraction of sp³-hybridized carbons (Fsp3) is 0.375. The number of aliphatic hydroxyl groups excluding tert-OH is 1. The number of carbonyl (C=O) groups excluding carboxylic acids is 1. The molecule has 1 fully saturated rings. The minimum atomic E-state index is -0.342. The lowest BCUT2D eigenvalue weighted by atomic mass is 10.1. The fourth-order valence-electron chi connectivity index (χ4n) is 2.53. The summed E-state index contributed by atoms with van der Waals surface area (Å²) < 4.78 is 18.5. The first-order valence-electron chi connectivity index (χ1n) is 7.61. The monoisotopic (exact) mass is 351 g/mol. The summed E-state index contributed by atoms with van der Waals surface area (Å²) in [5, 5.41) is 12.5. The molecule has 0 aliphatic carbocycles. The van der Waals surface area contributed by atoms with Gasteiger partial charge < -0.3 is 14.7 Å². The van der Waals surface area contributed by atoms with Crippen molar-refractivity contribution in [1.29, 1.82) is 0 Å². The van der Waals surface area contributed by atoms with Crippen LogP contribution in [0.2, 0.25) is 0 Å². The molecule has 1 aromatic carbocycles. The number of halogens is 1. The molecule has 0 spiro atoms. The molecule has 24 heavy (non-hydrogen) atoms. The maximum atomic E-state index is 13.2. The molecule has 1 aliphatic heterocycles. The molecule has 0 saturated carbocycles. The van der Waals surface area contributed by atoms with Crippen LogP contribution < -0.4 is 5.32 Å². The summed E-state index contributed by atoms with van der Waals surface area (Å²) in [7, 11) is 0. The molecule has 0 unspecified atom stereocenters. The fourth-order valence-corrected chi connectivity index (χ4v) is 3.37. The van der Waals surface area contributed by atoms with Gasteiger partial charge in [-0.1, -0.05) is 12.1 Å². The molecule has 128 valence electrons. The molecule has 1 saturated heterocycles. The number of hydrogen-bond acceptors (Lipinski definition) is 5. The molecular formula is C16H18FN3O3S. The SMILES string of the molecule is O=C(Nc1ncc(Cc2cccc(F)c2)s1)N1CCOC[C@H]1CO. The molecular weight excluding hydrogens is 333 g/mol. The molecule has 6 nitrogen and oxygen atoms in total. The van der Waals surface area contributed by atoms with Crippen LogP contribution in [0.25, 0.3) is 0 Å². The van der Waals surface area contributed by atoms with Gasteiger partial charge >= 0.3 is 6.03 Å². The minimum Gasteiger partial charge on any atom is -0.394 e. The molecule has 8 heteroatoms. The molecule has 3 rings (SSSR count). The van der Waals surface area contributed by atoms with Crippen molar-refractivity contribution in [2.45, 2.75) is 12.5 Å². The molecule has 0 bridgehead atoms. The second-order valence-electron chi connectivity index (χ2n) is 5.47. The Kier molecular flexibility index (Phi) is 5.39. The molecule has 1 aliphatic rings. The molecule has 0 radical (unpaired) electrons. The smallest absolute Gasteiger partial charge is 0.324 e. The number of rotatable bonds is 4. The Hall–Kier alpha value is -2.03. The Balaban J connectivity index is 1.62. The van der Waals surface area contributed by atoms with E-state index < -0.39 is 0 Å². The topological polar surface area (TPSA) is 74.7 Å². The first kappa shape index (κ1) is 16.8. The summed E-state index contributed by atoms with van der Waals surface area (Å²) >= 11 is 1.35. The summed E-state index contributed by atoms with van der Waals surface area (Å²) in [6, 6.07) is 5.76. The second kappa shape index (κ2) is 7.69. The lowest BCUT2D eigenvalue weighted by Crippen LogP contribution is -2.52. The first-order chi connectivity index (χ1) is 11.7. The van der Waals surface area contributed by atoms with Gasteiger partial charge in [-0.2, -0.15) is 0 Å². The van der Waals surface area contributed by atoms with Crippen LogP contribution >= 0.6 is 11.3 Å². The predicted octanol–water partition coefficient (Wildman–Crippen LogP) is 2.10. The number of thiazole rings is 1. The number of aliphatic hydroxyl groups is 1. The van der Waals surface area contributed by atoms with Crippen molar-refractivity contribution in [3.05, 3.63) is 46.7 Å². The Morgan fingerprint density at radius 3 is 3.21 bits per heavy atom. The average molecular weight is 351 g/mol. The summed E-state index contributed by atoms with van der Waals surface area (Å²) in [5.41, 5.74) is 0.852. The van der Waals surface area contributed by atoms with Crippen molar-refractivity contribution in [3.8, 4) is 0 Å². The Bertz CT molecular complexity index is 709. The number of urea groups is 1. The van der Waals surface area contributed by atoms with Gasteiger partial charge in [-0.3, -0.25) is 5.32 Å². The highest BCUT2D eigenvalue weighted by atomic mass is 32.1. The molecule has 2 N–H and O–H groups in total. The number of carbonyl (C=O) groups is 1. The van der Waals surface area contributed by atoms with E-state index in [-0.39, 0.29) is 24.5 Å². The quantitative estimate of drug-likeness (QED) is 0.885. The number of nitrogens with zero attached hydrogens (tertiary/aromatic N) is 2. The zero-order valence-corrected chi connectivity index (χ0v) is 13.8. The van der Waals surface area contributed by atoms with E-state index in [0.717, 1.165) is 10.4 Å². The number of morpholine rings is 1. The van der Waals surface area contributed by atoms with E-state index in [9.17, 15) is 14.3 Å². The molecule has 1 atom stereocenters. The zero-order valence-electron chi connectivity index (χ0n) is 12.9. The third-order valence-electron chi connectivity index (χ3n) is 3.73. The Labute approximate surface area is 142 Å². The van der Waals surface area contributed by atoms with Crippen molar-refractivity contribution < 1.29 is 19.0 Å². The van der Waals surface area contributed by atoms with Gasteiger partial charge in [0.15, 0.2) is 5.13 Å². The van der Waals surface area contributed by atoms with Gasteiger partial charge in [0.1, 0.15) is 5.82 Å². The van der Waals surface area contributed by atoms with Crippen molar-refractivity contribution in [2.75, 3.05) is 31.7 Å². The third-order valence-corrected chi connectivity index (χ3v) is 4.65. The lowest BCUT2D eigenvalue weighted by Gasteiger charge is -2.34. The highest BCUT2D eigenvalue weighted by molar-refractivity contribution is 7.15. The largest absolute Gasteiger partial charge is 0.394 e. The third kappa shape index (κ3) is 4.08. The molecule has 2 heterocycles. The van der Waals surface area contributed by atoms with Crippen LogP contribution in [0.15, 0.2) is 30.5 Å². The maximum Gasteiger partial charge on any atom is 0.324 e. The summed E-state index contributed by atoms with van der Waals surface area (Å²) in [6.45, 7) is 1.06. The number of aromatic nitrogens is 1. The van der Waals surface area contributed by atoms with E-state index in [0.29, 0.717) is 31.3 Å². The Morgan fingerprint density at radius 2 is 2.42 bits per heavy atom. The highest BCUT2D eigenvalue weighted by Crippen LogP contribution is 2.22. The summed E-state index contributed by atoms with van der Waals surface area (Å²) in [5.74, 6) is -0.270. The number of ether oxygens (including phenoxy) is 1. The average Bonchev–Trinajstić information content (AvgIpc) is 3.01. The number of benzene rings is 1. The van der Waals surface area contributed by atoms with Gasteiger partial charge in [0, 0.05) is 24.0 Å². The first-order valence-corrected chi connectivity index (χ1v) is 8.42. The lowest BCUT2D eigenvalue weighted by molar-refractivity contribution is -0.00485. The minimum absolute atomic E-state index is 0.143. The van der Waals surface area contributed by atoms with E-state index in [4.69, 9.17) is 4.74 Å². The van der Waals surface area contributed by atoms with Crippen LogP contribution in [-0.4, -0.2) is 53.4 Å². The number of hydrogen-bond donors (Lipinski definition) is 2. The summed E-state index contributed by atoms with van der Waals surface area (Å²) in [6.07, 6.45) is 2.23. The molecule has 1 aromatic heterocycles. The van der Waals surface area contributed by atoms with Gasteiger partial charge in [-0.15, -0.1) is 11.3 Å². The predicted molar refractivity (Wildman–Crippen MR) is 88.7 cm³/mol. The van der Waals surface area contributed by atoms with Gasteiger partial charge in [-0.25, -0.2) is 14.2 Å². The molecule has 2 amide bonds. The zero-order chi connectivity index (χ0) is 16.9. The van der Waals surface area contributed by atoms with Gasteiger partial charge in [0.05, 0.1) is 25.9 Å². The summed E-state index contributed by atoms with van der Waals surface area (Å²) in [4.78, 5) is 19.0. The van der Waals surface area contributed by atoms with Gasteiger partial charge in [0.25, 0.3) is 0 Å². The van der Waals surface area contributed by atoms with Crippen molar-refractivity contribution in [3.63, 3.8) is 0 Å². The highest BCUT2D eigenvalue weighted by Gasteiger charge is 2.27. The number of amides is 2. The van der Waals surface area contributed by atoms with E-state index in [1.165, 1.54) is 23.5 Å². The Morgan fingerprint density at radius 1 is 1.54 bits per heavy atom. The van der Waals surface area contributed by atoms with Crippen molar-refractivity contribution >= 4 is 22.5 Å². The van der Waals surface area contributed by atoms with Crippen LogP contribution in [0.1, 0.15) is 10.4 Å². The van der Waals surface area contributed by atoms with Crippen LogP contribution in [0.5, 0.6) is 0 Å². The van der Waals surface area contributed by atoms with Crippen molar-refractivity contribution in [2.24, 2.45) is 0 Å². The standard InChI is InChI=1S/C16H18FN3O3S/c17-12-3-1-2-11(6-12)7-14-8-18-15(24-14)19-16(22)20-4-5-23-10-13(20)9-21/h1-3,6,8,13,21H,4-5,7,9-10H2,(H,18,19,22)/t13-/m1/s1. The van der Waals surface area contributed by atoms with E-state index >= 15 is 0 Å². The maximum absolute atomic E-state index is 13.2. The van der Waals surface area contributed by atoms with E-state index in [2.05, 4.69) is 10.3 Å². The molecule has 2 aromatic rings. The van der Waals surface area contributed by atoms with Gasteiger partial charge in [0.2, 0.25) is 0 Å². The van der Waals surface area contributed by atoms with Crippen molar-refractivity contribution in [1.82, 2.24) is 9.88 Å². The number of nitrogens with one attached hydrogen (secondary N) is 1.